The molecule has 0 atom stereocenters. The number of amides is 1. The minimum absolute atomic E-state index is 0.158. The first-order valence-electron chi connectivity index (χ1n) is 7.62. The third-order valence-corrected chi connectivity index (χ3v) is 4.21. The van der Waals surface area contributed by atoms with Crippen molar-refractivity contribution < 1.29 is 9.90 Å². The summed E-state index contributed by atoms with van der Waals surface area (Å²) in [7, 11) is 0. The molecule has 1 aliphatic rings. The molecule has 1 fully saturated rings. The van der Waals surface area contributed by atoms with Gasteiger partial charge in [-0.25, -0.2) is 0 Å². The number of rotatable bonds is 4. The average Bonchev–Trinajstić information content (AvgIpc) is 3.08. The zero-order valence-corrected chi connectivity index (χ0v) is 12.4. The van der Waals surface area contributed by atoms with Gasteiger partial charge in [0, 0.05) is 17.8 Å². The lowest BCUT2D eigenvalue weighted by atomic mass is 9.85. The van der Waals surface area contributed by atoms with Gasteiger partial charge in [-0.05, 0) is 37.1 Å². The van der Waals surface area contributed by atoms with E-state index in [2.05, 4.69) is 15.5 Å². The van der Waals surface area contributed by atoms with Gasteiger partial charge in [0.05, 0.1) is 5.60 Å². The van der Waals surface area contributed by atoms with Crippen LogP contribution in [0.2, 0.25) is 0 Å². The van der Waals surface area contributed by atoms with Crippen molar-refractivity contribution in [2.24, 2.45) is 0 Å². The van der Waals surface area contributed by atoms with Crippen LogP contribution in [0.3, 0.4) is 0 Å². The Morgan fingerprint density at radius 3 is 2.41 bits per heavy atom. The van der Waals surface area contributed by atoms with Gasteiger partial charge >= 0.3 is 0 Å². The van der Waals surface area contributed by atoms with Crippen molar-refractivity contribution >= 4 is 5.91 Å². The van der Waals surface area contributed by atoms with Crippen molar-refractivity contribution in [1.82, 2.24) is 20.1 Å². The quantitative estimate of drug-likeness (QED) is 0.900. The lowest BCUT2D eigenvalue weighted by Gasteiger charge is -2.32. The molecule has 22 heavy (non-hydrogen) atoms. The van der Waals surface area contributed by atoms with E-state index in [1.807, 2.05) is 12.1 Å². The van der Waals surface area contributed by atoms with Crippen molar-refractivity contribution in [3.8, 4) is 5.69 Å². The summed E-state index contributed by atoms with van der Waals surface area (Å²) < 4.78 is 1.77. The normalized spacial score (nSPS) is 17.1. The summed E-state index contributed by atoms with van der Waals surface area (Å²) in [5.74, 6) is -0.158. The van der Waals surface area contributed by atoms with Crippen LogP contribution in [-0.2, 0) is 0 Å². The van der Waals surface area contributed by atoms with Gasteiger partial charge < -0.3 is 10.4 Å². The number of carbonyl (C=O) groups is 1. The van der Waals surface area contributed by atoms with Crippen molar-refractivity contribution in [3.05, 3.63) is 42.5 Å². The minimum Gasteiger partial charge on any atom is -0.388 e. The smallest absolute Gasteiger partial charge is 0.251 e. The van der Waals surface area contributed by atoms with Crippen molar-refractivity contribution in [2.45, 2.75) is 37.7 Å². The number of carbonyl (C=O) groups excluding carboxylic acids is 1. The molecule has 2 N–H and O–H groups in total. The van der Waals surface area contributed by atoms with Crippen molar-refractivity contribution in [3.63, 3.8) is 0 Å². The predicted octanol–water partition coefficient (Wildman–Crippen LogP) is 1.69. The molecule has 0 aliphatic heterocycles. The first kappa shape index (κ1) is 14.7. The van der Waals surface area contributed by atoms with E-state index < -0.39 is 5.60 Å². The predicted molar refractivity (Wildman–Crippen MR) is 81.7 cm³/mol. The fourth-order valence-corrected chi connectivity index (χ4v) is 2.85. The summed E-state index contributed by atoms with van der Waals surface area (Å²) in [6, 6.07) is 7.20. The summed E-state index contributed by atoms with van der Waals surface area (Å²) in [5.41, 5.74) is 0.736. The van der Waals surface area contributed by atoms with Gasteiger partial charge in [-0.3, -0.25) is 9.36 Å². The van der Waals surface area contributed by atoms with E-state index in [1.54, 1.807) is 29.4 Å². The number of aliphatic hydroxyl groups is 1. The standard InChI is InChI=1S/C16H20N4O2/c21-15(17-10-16(22)8-2-1-3-9-16)13-4-6-14(7-5-13)20-11-18-19-12-20/h4-7,11-12,22H,1-3,8-10H2,(H,17,21). The molecule has 0 radical (unpaired) electrons. The van der Waals surface area contributed by atoms with Crippen LogP contribution >= 0.6 is 0 Å². The van der Waals surface area contributed by atoms with E-state index in [-0.39, 0.29) is 5.91 Å². The highest BCUT2D eigenvalue weighted by Crippen LogP contribution is 2.27. The lowest BCUT2D eigenvalue weighted by Crippen LogP contribution is -2.44. The second-order valence-corrected chi connectivity index (χ2v) is 5.88. The number of nitrogens with one attached hydrogen (secondary N) is 1. The minimum atomic E-state index is -0.740. The van der Waals surface area contributed by atoms with Crippen LogP contribution in [0.1, 0.15) is 42.5 Å². The van der Waals surface area contributed by atoms with Gasteiger partial charge in [-0.2, -0.15) is 0 Å². The van der Waals surface area contributed by atoms with Gasteiger partial charge in [0.1, 0.15) is 12.7 Å². The molecule has 116 valence electrons. The molecule has 6 nitrogen and oxygen atoms in total. The lowest BCUT2D eigenvalue weighted by molar-refractivity contribution is 0.00526. The Morgan fingerprint density at radius 1 is 1.14 bits per heavy atom. The molecule has 1 aromatic carbocycles. The number of aromatic nitrogens is 3. The summed E-state index contributed by atoms with van der Waals surface area (Å²) in [6.45, 7) is 0.318. The SMILES string of the molecule is O=C(NCC1(O)CCCCC1)c1ccc(-n2cnnc2)cc1. The first-order chi connectivity index (χ1) is 10.7. The molecule has 1 aliphatic carbocycles. The molecular formula is C16H20N4O2. The van der Waals surface area contributed by atoms with Gasteiger partial charge in [0.2, 0.25) is 0 Å². The zero-order chi connectivity index (χ0) is 15.4. The highest BCUT2D eigenvalue weighted by atomic mass is 16.3. The fourth-order valence-electron chi connectivity index (χ4n) is 2.85. The largest absolute Gasteiger partial charge is 0.388 e. The monoisotopic (exact) mass is 300 g/mol. The molecule has 0 unspecified atom stereocenters. The Bertz CT molecular complexity index is 616. The molecule has 0 spiro atoms. The molecule has 6 heteroatoms. The molecule has 0 saturated heterocycles. The molecule has 1 saturated carbocycles. The van der Waals surface area contributed by atoms with Crippen LogP contribution in [0, 0.1) is 0 Å². The second kappa shape index (κ2) is 6.27. The molecular weight excluding hydrogens is 280 g/mol. The average molecular weight is 300 g/mol. The van der Waals surface area contributed by atoms with Crippen LogP contribution in [0.4, 0.5) is 0 Å². The number of benzene rings is 1. The van der Waals surface area contributed by atoms with Gasteiger partial charge in [0.15, 0.2) is 0 Å². The van der Waals surface area contributed by atoms with E-state index in [0.717, 1.165) is 31.4 Å². The zero-order valence-electron chi connectivity index (χ0n) is 12.4. The third-order valence-electron chi connectivity index (χ3n) is 4.21. The maximum Gasteiger partial charge on any atom is 0.251 e. The Morgan fingerprint density at radius 2 is 1.77 bits per heavy atom. The number of hydrogen-bond acceptors (Lipinski definition) is 4. The third kappa shape index (κ3) is 3.33. The summed E-state index contributed by atoms with van der Waals surface area (Å²) in [6.07, 6.45) is 7.96. The Kier molecular flexibility index (Phi) is 4.20. The molecule has 1 amide bonds. The highest BCUT2D eigenvalue weighted by molar-refractivity contribution is 5.94. The molecule has 2 aromatic rings. The summed E-state index contributed by atoms with van der Waals surface area (Å²) in [5, 5.41) is 20.7. The first-order valence-corrected chi connectivity index (χ1v) is 7.62. The van der Waals surface area contributed by atoms with E-state index in [4.69, 9.17) is 0 Å². The van der Waals surface area contributed by atoms with Crippen LogP contribution in [0.5, 0.6) is 0 Å². The molecule has 1 heterocycles. The van der Waals surface area contributed by atoms with Gasteiger partial charge in [0.25, 0.3) is 5.91 Å². The van der Waals surface area contributed by atoms with Crippen molar-refractivity contribution in [2.75, 3.05) is 6.54 Å². The number of hydrogen-bond donors (Lipinski definition) is 2. The van der Waals surface area contributed by atoms with Gasteiger partial charge in [-0.1, -0.05) is 19.3 Å². The summed E-state index contributed by atoms with van der Waals surface area (Å²) in [4.78, 5) is 12.2. The Hall–Kier alpha value is -2.21. The molecule has 1 aromatic heterocycles. The topological polar surface area (TPSA) is 80.0 Å². The van der Waals surface area contributed by atoms with Crippen LogP contribution in [-0.4, -0.2) is 37.9 Å². The Balaban J connectivity index is 1.60. The molecule has 0 bridgehead atoms. The highest BCUT2D eigenvalue weighted by Gasteiger charge is 2.29. The van der Waals surface area contributed by atoms with Crippen LogP contribution in [0.15, 0.2) is 36.9 Å². The second-order valence-electron chi connectivity index (χ2n) is 5.88. The van der Waals surface area contributed by atoms with Crippen molar-refractivity contribution in [1.29, 1.82) is 0 Å². The Labute approximate surface area is 129 Å². The van der Waals surface area contributed by atoms with E-state index in [0.29, 0.717) is 12.1 Å². The fraction of sp³-hybridized carbons (Fsp3) is 0.438. The maximum absolute atomic E-state index is 12.2. The van der Waals surface area contributed by atoms with Crippen LogP contribution in [0.25, 0.3) is 5.69 Å². The number of nitrogens with zero attached hydrogens (tertiary/aromatic N) is 3. The molecule has 3 rings (SSSR count). The summed E-state index contributed by atoms with van der Waals surface area (Å²) >= 11 is 0. The maximum atomic E-state index is 12.2. The van der Waals surface area contributed by atoms with Crippen LogP contribution < -0.4 is 5.32 Å². The van der Waals surface area contributed by atoms with E-state index >= 15 is 0 Å². The van der Waals surface area contributed by atoms with E-state index in [9.17, 15) is 9.90 Å². The van der Waals surface area contributed by atoms with Gasteiger partial charge in [-0.15, -0.1) is 10.2 Å². The van der Waals surface area contributed by atoms with E-state index in [1.165, 1.54) is 6.42 Å².